The topological polar surface area (TPSA) is 76.0 Å². The second kappa shape index (κ2) is 12.9. The summed E-state index contributed by atoms with van der Waals surface area (Å²) >= 11 is 0. The maximum atomic E-state index is 14.1. The first-order valence-corrected chi connectivity index (χ1v) is 14.6. The Morgan fingerprint density at radius 3 is 2.20 bits per heavy atom. The number of fused-ring (bicyclic) bond motifs is 1. The van der Waals surface area contributed by atoms with Gasteiger partial charge in [0.15, 0.2) is 0 Å². The quantitative estimate of drug-likeness (QED) is 0.212. The zero-order chi connectivity index (χ0) is 28.8. The number of aromatic nitrogens is 2. The van der Waals surface area contributed by atoms with Gasteiger partial charge < -0.3 is 10.6 Å². The normalized spacial score (nSPS) is 11.4. The molecule has 6 heteroatoms. The summed E-state index contributed by atoms with van der Waals surface area (Å²) < 4.78 is 1.70. The van der Waals surface area contributed by atoms with Gasteiger partial charge in [-0.2, -0.15) is 0 Å². The molecule has 0 spiro atoms. The Balaban J connectivity index is 1.90. The highest BCUT2D eigenvalue weighted by molar-refractivity contribution is 6.07. The lowest BCUT2D eigenvalue weighted by Gasteiger charge is -2.22. The molecule has 4 aromatic rings. The molecule has 6 nitrogen and oxygen atoms in total. The number of carbonyl (C=O) groups excluding carboxylic acids is 1. The van der Waals surface area contributed by atoms with Crippen molar-refractivity contribution >= 4 is 28.4 Å². The van der Waals surface area contributed by atoms with Crippen LogP contribution >= 0.6 is 0 Å². The Hall–Kier alpha value is -3.93. The molecule has 2 heterocycles. The molecule has 40 heavy (non-hydrogen) atoms. The van der Waals surface area contributed by atoms with Crippen LogP contribution in [0.25, 0.3) is 22.2 Å². The smallest absolute Gasteiger partial charge is 0.307 e. The molecule has 0 unspecified atom stereocenters. The van der Waals surface area contributed by atoms with E-state index in [-0.39, 0.29) is 23.1 Å². The standard InChI is InChI=1S/C34H42N4O2/c1-7-9-20-38-32-28(18-12-19-35-32)29(25-15-10-14-24(21-25)13-8-2)31(33(38)39)37-34(40)36-30-26(22(3)4)16-11-17-27(30)23(5)6/h10-12,14-19,21-23H,7-9,13,20H2,1-6H3,(H2,36,37,40). The molecule has 2 aromatic heterocycles. The number of aryl methyl sites for hydroxylation is 2. The third kappa shape index (κ3) is 6.11. The Bertz CT molecular complexity index is 1530. The van der Waals surface area contributed by atoms with E-state index in [1.807, 2.05) is 30.3 Å². The van der Waals surface area contributed by atoms with Crippen molar-refractivity contribution in [1.82, 2.24) is 9.55 Å². The minimum absolute atomic E-state index is 0.226. The van der Waals surface area contributed by atoms with Crippen molar-refractivity contribution in [2.24, 2.45) is 0 Å². The molecule has 0 aliphatic carbocycles. The number of urea groups is 1. The van der Waals surface area contributed by atoms with Gasteiger partial charge in [-0.25, -0.2) is 9.78 Å². The molecule has 4 rings (SSSR count). The Morgan fingerprint density at radius 2 is 1.55 bits per heavy atom. The van der Waals surface area contributed by atoms with Crippen LogP contribution in [0.5, 0.6) is 0 Å². The van der Waals surface area contributed by atoms with E-state index in [0.717, 1.165) is 53.4 Å². The number of carbonyl (C=O) groups is 1. The lowest BCUT2D eigenvalue weighted by atomic mass is 9.93. The summed E-state index contributed by atoms with van der Waals surface area (Å²) in [5, 5.41) is 6.97. The monoisotopic (exact) mass is 538 g/mol. The number of hydrogen-bond donors (Lipinski definition) is 2. The van der Waals surface area contributed by atoms with E-state index in [2.05, 4.69) is 81.4 Å². The molecule has 0 aliphatic rings. The minimum Gasteiger partial charge on any atom is -0.307 e. The molecule has 2 amide bonds. The number of hydrogen-bond acceptors (Lipinski definition) is 3. The Kier molecular flexibility index (Phi) is 9.41. The van der Waals surface area contributed by atoms with Crippen molar-refractivity contribution in [3.05, 3.63) is 87.8 Å². The van der Waals surface area contributed by atoms with Gasteiger partial charge in [-0.3, -0.25) is 9.36 Å². The molecule has 0 bridgehead atoms. The summed E-state index contributed by atoms with van der Waals surface area (Å²) in [6, 6.07) is 17.8. The van der Waals surface area contributed by atoms with E-state index < -0.39 is 6.03 Å². The van der Waals surface area contributed by atoms with Crippen LogP contribution in [0.1, 0.15) is 89.3 Å². The molecular formula is C34H42N4O2. The molecule has 2 N–H and O–H groups in total. The molecule has 0 atom stereocenters. The number of amides is 2. The first-order valence-electron chi connectivity index (χ1n) is 14.6. The third-order valence-electron chi connectivity index (χ3n) is 7.36. The minimum atomic E-state index is -0.427. The SMILES string of the molecule is CCCCn1c(=O)c(NC(=O)Nc2c(C(C)C)cccc2C(C)C)c(-c2cccc(CCC)c2)c2cccnc21. The molecule has 210 valence electrons. The van der Waals surface area contributed by atoms with Gasteiger partial charge in [0.05, 0.1) is 0 Å². The van der Waals surface area contributed by atoms with Crippen molar-refractivity contribution in [3.63, 3.8) is 0 Å². The second-order valence-corrected chi connectivity index (χ2v) is 11.1. The maximum absolute atomic E-state index is 14.1. The van der Waals surface area contributed by atoms with Crippen LogP contribution in [0.3, 0.4) is 0 Å². The molecule has 0 fully saturated rings. The molecule has 2 aromatic carbocycles. The number of anilines is 2. The molecular weight excluding hydrogens is 496 g/mol. The molecule has 0 radical (unpaired) electrons. The van der Waals surface area contributed by atoms with Gasteiger partial charge in [0, 0.05) is 29.4 Å². The van der Waals surface area contributed by atoms with E-state index in [1.54, 1.807) is 10.8 Å². The van der Waals surface area contributed by atoms with Crippen molar-refractivity contribution < 1.29 is 4.79 Å². The summed E-state index contributed by atoms with van der Waals surface area (Å²) in [5.74, 6) is 0.452. The fourth-order valence-electron chi connectivity index (χ4n) is 5.34. The van der Waals surface area contributed by atoms with Gasteiger partial charge in [-0.15, -0.1) is 0 Å². The number of rotatable bonds is 10. The summed E-state index contributed by atoms with van der Waals surface area (Å²) in [6.45, 7) is 13.2. The highest BCUT2D eigenvalue weighted by atomic mass is 16.2. The lowest BCUT2D eigenvalue weighted by molar-refractivity contribution is 0.262. The van der Waals surface area contributed by atoms with Crippen molar-refractivity contribution in [2.45, 2.75) is 85.6 Å². The van der Waals surface area contributed by atoms with Crippen molar-refractivity contribution in [3.8, 4) is 11.1 Å². The lowest BCUT2D eigenvalue weighted by Crippen LogP contribution is -2.30. The Labute approximate surface area is 237 Å². The predicted molar refractivity (Wildman–Crippen MR) is 168 cm³/mol. The fourth-order valence-corrected chi connectivity index (χ4v) is 5.34. The van der Waals surface area contributed by atoms with Crippen LogP contribution in [0.15, 0.2) is 65.6 Å². The van der Waals surface area contributed by atoms with E-state index in [4.69, 9.17) is 0 Å². The highest BCUT2D eigenvalue weighted by Crippen LogP contribution is 2.35. The summed E-state index contributed by atoms with van der Waals surface area (Å²) in [7, 11) is 0. The number of para-hydroxylation sites is 1. The number of benzene rings is 2. The van der Waals surface area contributed by atoms with E-state index in [0.29, 0.717) is 17.8 Å². The molecule has 0 saturated carbocycles. The zero-order valence-corrected chi connectivity index (χ0v) is 24.7. The van der Waals surface area contributed by atoms with Crippen molar-refractivity contribution in [2.75, 3.05) is 10.6 Å². The molecule has 0 aliphatic heterocycles. The predicted octanol–water partition coefficient (Wildman–Crippen LogP) is 8.71. The average Bonchev–Trinajstić information content (AvgIpc) is 2.93. The first-order chi connectivity index (χ1) is 19.3. The number of nitrogens with one attached hydrogen (secondary N) is 2. The van der Waals surface area contributed by atoms with Crippen LogP contribution in [-0.4, -0.2) is 15.6 Å². The van der Waals surface area contributed by atoms with Crippen molar-refractivity contribution in [1.29, 1.82) is 0 Å². The Morgan fingerprint density at radius 1 is 0.875 bits per heavy atom. The maximum Gasteiger partial charge on any atom is 0.323 e. The molecule has 0 saturated heterocycles. The van der Waals surface area contributed by atoms with Crippen LogP contribution in [-0.2, 0) is 13.0 Å². The van der Waals surface area contributed by atoms with Gasteiger partial charge in [-0.1, -0.05) is 96.8 Å². The van der Waals surface area contributed by atoms with Crippen LogP contribution < -0.4 is 16.2 Å². The van der Waals surface area contributed by atoms with Gasteiger partial charge in [0.1, 0.15) is 11.3 Å². The number of unbranched alkanes of at least 4 members (excludes halogenated alkanes) is 1. The fraction of sp³-hybridized carbons (Fsp3) is 0.382. The van der Waals surface area contributed by atoms with Gasteiger partial charge >= 0.3 is 6.03 Å². The first kappa shape index (κ1) is 29.1. The average molecular weight is 539 g/mol. The van der Waals surface area contributed by atoms with Crippen LogP contribution in [0.2, 0.25) is 0 Å². The van der Waals surface area contributed by atoms with E-state index in [9.17, 15) is 9.59 Å². The van der Waals surface area contributed by atoms with E-state index >= 15 is 0 Å². The van der Waals surface area contributed by atoms with E-state index in [1.165, 1.54) is 5.56 Å². The number of pyridine rings is 2. The van der Waals surface area contributed by atoms with Gasteiger partial charge in [0.2, 0.25) is 0 Å². The summed E-state index contributed by atoms with van der Waals surface area (Å²) in [4.78, 5) is 32.4. The largest absolute Gasteiger partial charge is 0.323 e. The van der Waals surface area contributed by atoms with Gasteiger partial charge in [-0.05, 0) is 59.1 Å². The number of nitrogens with zero attached hydrogens (tertiary/aromatic N) is 2. The second-order valence-electron chi connectivity index (χ2n) is 11.1. The third-order valence-corrected chi connectivity index (χ3v) is 7.36. The van der Waals surface area contributed by atoms with Crippen LogP contribution in [0, 0.1) is 0 Å². The zero-order valence-electron chi connectivity index (χ0n) is 24.7. The summed E-state index contributed by atoms with van der Waals surface area (Å²) in [6.07, 6.45) is 5.45. The summed E-state index contributed by atoms with van der Waals surface area (Å²) in [5.41, 5.74) is 6.39. The highest BCUT2D eigenvalue weighted by Gasteiger charge is 2.22. The van der Waals surface area contributed by atoms with Crippen LogP contribution in [0.4, 0.5) is 16.2 Å². The van der Waals surface area contributed by atoms with Gasteiger partial charge in [0.25, 0.3) is 5.56 Å².